The first-order chi connectivity index (χ1) is 13.0. The highest BCUT2D eigenvalue weighted by Crippen LogP contribution is 2.35. The molecule has 4 nitrogen and oxygen atoms in total. The molecule has 0 fully saturated rings. The summed E-state index contributed by atoms with van der Waals surface area (Å²) in [6.45, 7) is 4.35. The number of amides is 2. The Kier molecular flexibility index (Phi) is 5.88. The molecular formula is C21H20Cl2N2O2. The number of rotatable bonds is 6. The third-order valence-corrected chi connectivity index (χ3v) is 5.00. The summed E-state index contributed by atoms with van der Waals surface area (Å²) in [5, 5.41) is 3.93. The average Bonchev–Trinajstić information content (AvgIpc) is 2.87. The van der Waals surface area contributed by atoms with Crippen LogP contribution in [0.1, 0.15) is 31.4 Å². The lowest BCUT2D eigenvalue weighted by molar-refractivity contribution is -0.136. The van der Waals surface area contributed by atoms with Crippen LogP contribution < -0.4 is 5.32 Å². The smallest absolute Gasteiger partial charge is 0.278 e. The predicted octanol–water partition coefficient (Wildman–Crippen LogP) is 5.16. The number of hydrogen-bond donors (Lipinski definition) is 1. The van der Waals surface area contributed by atoms with Crippen molar-refractivity contribution in [1.29, 1.82) is 0 Å². The standard InChI is InChI=1S/C21H20Cl2N2O2/c1-3-11-25-20(26)18(16-10-7-14(22)12-17(16)23)19(21(25)27)24-15-8-5-13(4-2)6-9-15/h5-10,12,24H,3-4,11H2,1-2H3. The van der Waals surface area contributed by atoms with Crippen LogP contribution >= 0.6 is 23.2 Å². The second-order valence-electron chi connectivity index (χ2n) is 6.31. The lowest BCUT2D eigenvalue weighted by Crippen LogP contribution is -2.33. The number of anilines is 1. The molecule has 0 unspecified atom stereocenters. The van der Waals surface area contributed by atoms with Crippen molar-refractivity contribution in [2.45, 2.75) is 26.7 Å². The van der Waals surface area contributed by atoms with Gasteiger partial charge in [0.15, 0.2) is 0 Å². The molecule has 0 radical (unpaired) electrons. The highest BCUT2D eigenvalue weighted by molar-refractivity contribution is 6.41. The van der Waals surface area contributed by atoms with E-state index in [9.17, 15) is 9.59 Å². The Bertz CT molecular complexity index is 920. The van der Waals surface area contributed by atoms with Crippen molar-refractivity contribution in [2.24, 2.45) is 0 Å². The Morgan fingerprint density at radius 1 is 0.963 bits per heavy atom. The molecule has 0 saturated carbocycles. The summed E-state index contributed by atoms with van der Waals surface area (Å²) in [5.41, 5.74) is 2.93. The lowest BCUT2D eigenvalue weighted by atomic mass is 10.0. The number of benzene rings is 2. The summed E-state index contributed by atoms with van der Waals surface area (Å²) < 4.78 is 0. The third-order valence-electron chi connectivity index (χ3n) is 4.45. The first kappa shape index (κ1) is 19.5. The number of carbonyl (C=O) groups excluding carboxylic acids is 2. The molecule has 2 aromatic rings. The molecule has 27 heavy (non-hydrogen) atoms. The van der Waals surface area contributed by atoms with Crippen LogP contribution in [0.4, 0.5) is 5.69 Å². The van der Waals surface area contributed by atoms with Gasteiger partial charge in [0, 0.05) is 22.8 Å². The number of halogens is 2. The van der Waals surface area contributed by atoms with Crippen molar-refractivity contribution in [1.82, 2.24) is 4.90 Å². The van der Waals surface area contributed by atoms with Gasteiger partial charge in [0.1, 0.15) is 5.70 Å². The molecule has 0 aromatic heterocycles. The topological polar surface area (TPSA) is 49.4 Å². The minimum absolute atomic E-state index is 0.238. The normalized spacial score (nSPS) is 14.3. The third kappa shape index (κ3) is 3.87. The number of nitrogens with one attached hydrogen (secondary N) is 1. The number of nitrogens with zero attached hydrogens (tertiary/aromatic N) is 1. The Hall–Kier alpha value is -2.30. The zero-order chi connectivity index (χ0) is 19.6. The van der Waals surface area contributed by atoms with Crippen molar-refractivity contribution in [2.75, 3.05) is 11.9 Å². The molecule has 0 aliphatic carbocycles. The highest BCUT2D eigenvalue weighted by atomic mass is 35.5. The first-order valence-corrected chi connectivity index (χ1v) is 9.63. The van der Waals surface area contributed by atoms with Crippen LogP contribution in [0, 0.1) is 0 Å². The minimum atomic E-state index is -0.348. The highest BCUT2D eigenvalue weighted by Gasteiger charge is 2.39. The van der Waals surface area contributed by atoms with E-state index < -0.39 is 0 Å². The van der Waals surface area contributed by atoms with Gasteiger partial charge in [0.25, 0.3) is 11.8 Å². The maximum absolute atomic E-state index is 13.0. The van der Waals surface area contributed by atoms with Crippen molar-refractivity contribution in [3.05, 3.63) is 69.3 Å². The molecule has 1 heterocycles. The van der Waals surface area contributed by atoms with Gasteiger partial charge in [-0.15, -0.1) is 0 Å². The van der Waals surface area contributed by atoms with Gasteiger partial charge < -0.3 is 5.32 Å². The molecule has 6 heteroatoms. The van der Waals surface area contributed by atoms with Crippen LogP contribution in [0.5, 0.6) is 0 Å². The zero-order valence-corrected chi connectivity index (χ0v) is 16.7. The molecule has 140 valence electrons. The summed E-state index contributed by atoms with van der Waals surface area (Å²) in [6.07, 6.45) is 1.61. The Labute approximate surface area is 168 Å². The van der Waals surface area contributed by atoms with Crippen LogP contribution in [0.3, 0.4) is 0 Å². The number of carbonyl (C=O) groups is 2. The number of imide groups is 1. The molecule has 0 atom stereocenters. The van der Waals surface area contributed by atoms with Gasteiger partial charge >= 0.3 is 0 Å². The fourth-order valence-electron chi connectivity index (χ4n) is 3.03. The van der Waals surface area contributed by atoms with Crippen molar-refractivity contribution in [3.63, 3.8) is 0 Å². The molecule has 1 N–H and O–H groups in total. The molecular weight excluding hydrogens is 383 g/mol. The number of hydrogen-bond acceptors (Lipinski definition) is 3. The van der Waals surface area contributed by atoms with Gasteiger partial charge in [-0.3, -0.25) is 14.5 Å². The second kappa shape index (κ2) is 8.15. The quantitative estimate of drug-likeness (QED) is 0.678. The summed E-state index contributed by atoms with van der Waals surface area (Å²) >= 11 is 12.3. The molecule has 2 amide bonds. The summed E-state index contributed by atoms with van der Waals surface area (Å²) in [6, 6.07) is 12.7. The Morgan fingerprint density at radius 2 is 1.67 bits per heavy atom. The van der Waals surface area contributed by atoms with Crippen molar-refractivity contribution >= 4 is 46.3 Å². The van der Waals surface area contributed by atoms with E-state index >= 15 is 0 Å². The van der Waals surface area contributed by atoms with Gasteiger partial charge in [-0.2, -0.15) is 0 Å². The average molecular weight is 403 g/mol. The maximum atomic E-state index is 13.0. The second-order valence-corrected chi connectivity index (χ2v) is 7.16. The van der Waals surface area contributed by atoms with Crippen molar-refractivity contribution < 1.29 is 9.59 Å². The fraction of sp³-hybridized carbons (Fsp3) is 0.238. The van der Waals surface area contributed by atoms with E-state index in [0.717, 1.165) is 12.1 Å². The Balaban J connectivity index is 2.07. The van der Waals surface area contributed by atoms with Gasteiger partial charge in [-0.1, -0.05) is 55.2 Å². The van der Waals surface area contributed by atoms with E-state index in [2.05, 4.69) is 12.2 Å². The Morgan fingerprint density at radius 3 is 2.26 bits per heavy atom. The van der Waals surface area contributed by atoms with Crippen LogP contribution in [0.25, 0.3) is 5.57 Å². The molecule has 0 saturated heterocycles. The van der Waals surface area contributed by atoms with Gasteiger partial charge in [-0.25, -0.2) is 0 Å². The summed E-state index contributed by atoms with van der Waals surface area (Å²) in [4.78, 5) is 27.1. The minimum Gasteiger partial charge on any atom is -0.350 e. The van der Waals surface area contributed by atoms with E-state index in [0.29, 0.717) is 28.6 Å². The molecule has 0 bridgehead atoms. The molecule has 2 aromatic carbocycles. The fourth-order valence-corrected chi connectivity index (χ4v) is 3.53. The van der Waals surface area contributed by atoms with Gasteiger partial charge in [0.05, 0.1) is 10.6 Å². The molecule has 1 aliphatic rings. The maximum Gasteiger partial charge on any atom is 0.278 e. The summed E-state index contributed by atoms with van der Waals surface area (Å²) in [7, 11) is 0. The van der Waals surface area contributed by atoms with Gasteiger partial charge in [0.2, 0.25) is 0 Å². The van der Waals surface area contributed by atoms with Gasteiger partial charge in [-0.05, 0) is 42.7 Å². The first-order valence-electron chi connectivity index (χ1n) is 8.88. The van der Waals surface area contributed by atoms with E-state index in [-0.39, 0.29) is 23.1 Å². The number of aryl methyl sites for hydroxylation is 1. The zero-order valence-electron chi connectivity index (χ0n) is 15.2. The SMILES string of the molecule is CCCN1C(=O)C(Nc2ccc(CC)cc2)=C(c2ccc(Cl)cc2Cl)C1=O. The molecule has 3 rings (SSSR count). The lowest BCUT2D eigenvalue weighted by Gasteiger charge is -2.14. The van der Waals surface area contributed by atoms with E-state index in [1.54, 1.807) is 18.2 Å². The predicted molar refractivity (Wildman–Crippen MR) is 110 cm³/mol. The van der Waals surface area contributed by atoms with E-state index in [4.69, 9.17) is 23.2 Å². The van der Waals surface area contributed by atoms with Crippen LogP contribution in [-0.4, -0.2) is 23.3 Å². The monoisotopic (exact) mass is 402 g/mol. The van der Waals surface area contributed by atoms with E-state index in [1.807, 2.05) is 31.2 Å². The van der Waals surface area contributed by atoms with E-state index in [1.165, 1.54) is 10.5 Å². The summed E-state index contributed by atoms with van der Waals surface area (Å²) in [5.74, 6) is -0.693. The molecule has 0 spiro atoms. The molecule has 1 aliphatic heterocycles. The van der Waals surface area contributed by atoms with Crippen LogP contribution in [0.2, 0.25) is 10.0 Å². The van der Waals surface area contributed by atoms with Crippen LogP contribution in [-0.2, 0) is 16.0 Å². The van der Waals surface area contributed by atoms with Crippen LogP contribution in [0.15, 0.2) is 48.2 Å². The van der Waals surface area contributed by atoms with Crippen molar-refractivity contribution in [3.8, 4) is 0 Å². The largest absolute Gasteiger partial charge is 0.350 e.